The van der Waals surface area contributed by atoms with Crippen LogP contribution in [0.3, 0.4) is 0 Å². The number of fused-ring (bicyclic) bond motifs is 1. The number of benzene rings is 1. The van der Waals surface area contributed by atoms with E-state index >= 15 is 0 Å². The highest BCUT2D eigenvalue weighted by Gasteiger charge is 2.33. The van der Waals surface area contributed by atoms with Gasteiger partial charge in [0.15, 0.2) is 11.5 Å². The molecule has 4 rings (SSSR count). The van der Waals surface area contributed by atoms with Crippen molar-refractivity contribution >= 4 is 5.91 Å². The number of carbonyl (C=O) groups excluding carboxylic acids is 1. The van der Waals surface area contributed by atoms with Gasteiger partial charge in [-0.1, -0.05) is 0 Å². The topological polar surface area (TPSA) is 74.6 Å². The summed E-state index contributed by atoms with van der Waals surface area (Å²) in [6.07, 6.45) is 2.32. The van der Waals surface area contributed by atoms with Crippen LogP contribution in [0.5, 0.6) is 11.5 Å². The second kappa shape index (κ2) is 6.16. The van der Waals surface area contributed by atoms with Gasteiger partial charge in [-0.25, -0.2) is 0 Å². The van der Waals surface area contributed by atoms with Gasteiger partial charge in [0.25, 0.3) is 5.91 Å². The highest BCUT2D eigenvalue weighted by molar-refractivity contribution is 5.95. The smallest absolute Gasteiger partial charge is 0.251 e. The monoisotopic (exact) mass is 329 g/mol. The maximum atomic E-state index is 12.6. The zero-order chi connectivity index (χ0) is 16.5. The van der Waals surface area contributed by atoms with Crippen LogP contribution in [-0.4, -0.2) is 41.6 Å². The molecule has 0 bridgehead atoms. The number of hydrogen-bond donors (Lipinski definition) is 1. The predicted molar refractivity (Wildman–Crippen MR) is 85.2 cm³/mol. The van der Waals surface area contributed by atoms with Gasteiger partial charge in [0.2, 0.25) is 0 Å². The molecule has 2 aromatic rings. The van der Waals surface area contributed by atoms with Crippen molar-refractivity contribution in [1.29, 1.82) is 0 Å². The Morgan fingerprint density at radius 2 is 2.04 bits per heavy atom. The van der Waals surface area contributed by atoms with Crippen molar-refractivity contribution in [2.45, 2.75) is 18.6 Å². The summed E-state index contributed by atoms with van der Waals surface area (Å²) < 4.78 is 18.6. The number of aryl methyl sites for hydroxylation is 1. The van der Waals surface area contributed by atoms with Gasteiger partial charge in [0.05, 0.1) is 11.7 Å². The lowest BCUT2D eigenvalue weighted by Crippen LogP contribution is -2.37. The van der Waals surface area contributed by atoms with E-state index in [1.54, 1.807) is 29.1 Å². The van der Waals surface area contributed by atoms with Crippen molar-refractivity contribution in [2.24, 2.45) is 7.05 Å². The van der Waals surface area contributed by atoms with Gasteiger partial charge in [0, 0.05) is 25.4 Å². The Bertz CT molecular complexity index is 758. The first-order valence-electron chi connectivity index (χ1n) is 8.02. The van der Waals surface area contributed by atoms with Crippen LogP contribution >= 0.6 is 0 Å². The molecule has 1 amide bonds. The second-order valence-electron chi connectivity index (χ2n) is 5.90. The Labute approximate surface area is 139 Å². The van der Waals surface area contributed by atoms with E-state index in [4.69, 9.17) is 14.2 Å². The molecular weight excluding hydrogens is 310 g/mol. The van der Waals surface area contributed by atoms with Crippen LogP contribution in [0.15, 0.2) is 30.5 Å². The highest BCUT2D eigenvalue weighted by atomic mass is 16.6. The van der Waals surface area contributed by atoms with Gasteiger partial charge in [-0.3, -0.25) is 9.48 Å². The van der Waals surface area contributed by atoms with Crippen LogP contribution < -0.4 is 14.8 Å². The Kier molecular flexibility index (Phi) is 3.86. The molecule has 2 aliphatic rings. The summed E-state index contributed by atoms with van der Waals surface area (Å²) in [5, 5.41) is 7.24. The van der Waals surface area contributed by atoms with Crippen LogP contribution in [0.25, 0.3) is 0 Å². The fourth-order valence-electron chi connectivity index (χ4n) is 3.13. The number of nitrogens with one attached hydrogen (secondary N) is 1. The zero-order valence-electron chi connectivity index (χ0n) is 13.4. The van der Waals surface area contributed by atoms with E-state index < -0.39 is 0 Å². The van der Waals surface area contributed by atoms with E-state index in [0.717, 1.165) is 12.1 Å². The van der Waals surface area contributed by atoms with Crippen LogP contribution in [0.4, 0.5) is 0 Å². The number of hydrogen-bond acceptors (Lipinski definition) is 5. The Balaban J connectivity index is 1.50. The minimum Gasteiger partial charge on any atom is -0.486 e. The molecule has 0 radical (unpaired) electrons. The van der Waals surface area contributed by atoms with E-state index in [9.17, 15) is 4.79 Å². The Morgan fingerprint density at radius 1 is 1.21 bits per heavy atom. The molecule has 1 fully saturated rings. The zero-order valence-corrected chi connectivity index (χ0v) is 13.4. The van der Waals surface area contributed by atoms with E-state index in [-0.39, 0.29) is 18.1 Å². The normalized spacial score (nSPS) is 22.4. The number of rotatable bonds is 3. The summed E-state index contributed by atoms with van der Waals surface area (Å²) >= 11 is 0. The first-order valence-corrected chi connectivity index (χ1v) is 8.02. The summed E-state index contributed by atoms with van der Waals surface area (Å²) in [7, 11) is 1.87. The van der Waals surface area contributed by atoms with Crippen molar-refractivity contribution < 1.29 is 19.0 Å². The molecule has 126 valence electrons. The average molecular weight is 329 g/mol. The van der Waals surface area contributed by atoms with Crippen LogP contribution in [-0.2, 0) is 11.8 Å². The van der Waals surface area contributed by atoms with E-state index in [0.29, 0.717) is 36.9 Å². The lowest BCUT2D eigenvalue weighted by atomic mass is 10.1. The Morgan fingerprint density at radius 3 is 2.83 bits per heavy atom. The van der Waals surface area contributed by atoms with Crippen LogP contribution in [0, 0.1) is 0 Å². The molecule has 0 spiro atoms. The number of ether oxygens (including phenoxy) is 3. The van der Waals surface area contributed by atoms with E-state index in [2.05, 4.69) is 10.4 Å². The van der Waals surface area contributed by atoms with Crippen LogP contribution in [0.2, 0.25) is 0 Å². The molecule has 7 heteroatoms. The Hall–Kier alpha value is -2.54. The van der Waals surface area contributed by atoms with E-state index in [1.165, 1.54) is 0 Å². The molecule has 24 heavy (non-hydrogen) atoms. The molecule has 0 aliphatic carbocycles. The van der Waals surface area contributed by atoms with Gasteiger partial charge < -0.3 is 19.5 Å². The third-order valence-corrected chi connectivity index (χ3v) is 4.36. The summed E-state index contributed by atoms with van der Waals surface area (Å²) in [6.45, 7) is 1.64. The minimum absolute atomic E-state index is 0.0823. The molecule has 3 heterocycles. The highest BCUT2D eigenvalue weighted by Crippen LogP contribution is 2.32. The van der Waals surface area contributed by atoms with Gasteiger partial charge in [-0.15, -0.1) is 0 Å². The maximum absolute atomic E-state index is 12.6. The molecule has 1 N–H and O–H groups in total. The molecule has 2 atom stereocenters. The molecule has 7 nitrogen and oxygen atoms in total. The SMILES string of the molecule is Cn1nccc1[C@H]1OCC[C@@H]1NC(=O)c1ccc2c(c1)OCCO2. The lowest BCUT2D eigenvalue weighted by Gasteiger charge is -2.21. The van der Waals surface area contributed by atoms with Crippen LogP contribution in [0.1, 0.15) is 28.6 Å². The quantitative estimate of drug-likeness (QED) is 0.922. The van der Waals surface area contributed by atoms with Crippen molar-refractivity contribution in [1.82, 2.24) is 15.1 Å². The summed E-state index contributed by atoms with van der Waals surface area (Å²) in [5.41, 5.74) is 1.51. The van der Waals surface area contributed by atoms with Gasteiger partial charge in [-0.2, -0.15) is 5.10 Å². The van der Waals surface area contributed by atoms with Gasteiger partial charge in [0.1, 0.15) is 19.3 Å². The number of carbonyl (C=O) groups is 1. The molecule has 0 saturated carbocycles. The fourth-order valence-corrected chi connectivity index (χ4v) is 3.13. The summed E-state index contributed by atoms with van der Waals surface area (Å²) in [6, 6.07) is 7.07. The standard InChI is InChI=1S/C17H19N3O4/c1-20-13(4-6-18-20)16-12(5-7-24-16)19-17(21)11-2-3-14-15(10-11)23-9-8-22-14/h2-4,6,10,12,16H,5,7-9H2,1H3,(H,19,21)/t12-,16-/m0/s1. The van der Waals surface area contributed by atoms with Crippen molar-refractivity contribution in [2.75, 3.05) is 19.8 Å². The minimum atomic E-state index is -0.182. The lowest BCUT2D eigenvalue weighted by molar-refractivity contribution is 0.0792. The molecule has 1 aromatic carbocycles. The van der Waals surface area contributed by atoms with Gasteiger partial charge in [-0.05, 0) is 30.7 Å². The van der Waals surface area contributed by atoms with Crippen molar-refractivity contribution in [3.8, 4) is 11.5 Å². The number of nitrogens with zero attached hydrogens (tertiary/aromatic N) is 2. The number of amides is 1. The predicted octanol–water partition coefficient (Wildman–Crippen LogP) is 1.45. The maximum Gasteiger partial charge on any atom is 0.251 e. The van der Waals surface area contributed by atoms with Crippen molar-refractivity contribution in [3.05, 3.63) is 41.7 Å². The average Bonchev–Trinajstić information content (AvgIpc) is 3.22. The first-order chi connectivity index (χ1) is 11.7. The summed E-state index contributed by atoms with van der Waals surface area (Å²) in [4.78, 5) is 12.6. The summed E-state index contributed by atoms with van der Waals surface area (Å²) in [5.74, 6) is 1.14. The van der Waals surface area contributed by atoms with Crippen molar-refractivity contribution in [3.63, 3.8) is 0 Å². The van der Waals surface area contributed by atoms with Gasteiger partial charge >= 0.3 is 0 Å². The molecule has 2 aliphatic heterocycles. The number of aromatic nitrogens is 2. The molecular formula is C17H19N3O4. The molecule has 1 aromatic heterocycles. The fraction of sp³-hybridized carbons (Fsp3) is 0.412. The first kappa shape index (κ1) is 15.0. The molecule has 1 saturated heterocycles. The molecule has 0 unspecified atom stereocenters. The largest absolute Gasteiger partial charge is 0.486 e. The second-order valence-corrected chi connectivity index (χ2v) is 5.90. The third kappa shape index (κ3) is 2.71. The third-order valence-electron chi connectivity index (χ3n) is 4.36. The van der Waals surface area contributed by atoms with E-state index in [1.807, 2.05) is 13.1 Å².